The Morgan fingerprint density at radius 2 is 2.08 bits per heavy atom. The van der Waals surface area contributed by atoms with Crippen LogP contribution in [0.4, 0.5) is 0 Å². The van der Waals surface area contributed by atoms with Crippen LogP contribution in [0, 0.1) is 11.8 Å². The fourth-order valence-electron chi connectivity index (χ4n) is 2.53. The molecule has 2 unspecified atom stereocenters. The minimum absolute atomic E-state index is 0.259. The van der Waals surface area contributed by atoms with Gasteiger partial charge in [0.15, 0.2) is 0 Å². The van der Waals surface area contributed by atoms with Crippen molar-refractivity contribution >= 4 is 0 Å². The quantitative estimate of drug-likeness (QED) is 0.702. The molecule has 0 aromatic heterocycles. The minimum Gasteiger partial charge on any atom is -0.396 e. The van der Waals surface area contributed by atoms with Crippen molar-refractivity contribution in [2.24, 2.45) is 11.8 Å². The topological polar surface area (TPSA) is 32.3 Å². The normalized spacial score (nSPS) is 32.8. The van der Waals surface area contributed by atoms with Crippen molar-refractivity contribution < 1.29 is 5.11 Å². The monoisotopic (exact) mass is 185 g/mol. The zero-order valence-corrected chi connectivity index (χ0v) is 9.30. The number of aliphatic hydroxyl groups excluding tert-OH is 1. The van der Waals surface area contributed by atoms with Crippen LogP contribution in [0.1, 0.15) is 40.5 Å². The van der Waals surface area contributed by atoms with E-state index in [0.29, 0.717) is 18.6 Å². The lowest BCUT2D eigenvalue weighted by Crippen LogP contribution is -2.38. The molecular formula is C11H23NO. The van der Waals surface area contributed by atoms with Gasteiger partial charge in [-0.3, -0.25) is 0 Å². The molecule has 1 saturated heterocycles. The van der Waals surface area contributed by atoms with Gasteiger partial charge in [0, 0.05) is 18.2 Å². The summed E-state index contributed by atoms with van der Waals surface area (Å²) in [5, 5.41) is 12.6. The molecular weight excluding hydrogens is 162 g/mol. The highest BCUT2D eigenvalue weighted by Crippen LogP contribution is 2.34. The Bertz CT molecular complexity index is 165. The fraction of sp³-hybridized carbons (Fsp3) is 1.00. The highest BCUT2D eigenvalue weighted by atomic mass is 16.3. The van der Waals surface area contributed by atoms with E-state index < -0.39 is 0 Å². The van der Waals surface area contributed by atoms with Gasteiger partial charge in [0.05, 0.1) is 0 Å². The maximum absolute atomic E-state index is 8.96. The molecule has 2 N–H and O–H groups in total. The van der Waals surface area contributed by atoms with Crippen LogP contribution in [-0.2, 0) is 0 Å². The van der Waals surface area contributed by atoms with Crippen LogP contribution >= 0.6 is 0 Å². The molecule has 0 saturated carbocycles. The molecule has 0 aromatic carbocycles. The predicted molar refractivity (Wildman–Crippen MR) is 55.7 cm³/mol. The average Bonchev–Trinajstić information content (AvgIpc) is 2.26. The molecule has 0 radical (unpaired) electrons. The highest BCUT2D eigenvalue weighted by molar-refractivity contribution is 4.97. The highest BCUT2D eigenvalue weighted by Gasteiger charge is 2.39. The molecule has 1 aliphatic heterocycles. The number of aliphatic hydroxyl groups is 1. The van der Waals surface area contributed by atoms with E-state index in [1.165, 1.54) is 6.42 Å². The lowest BCUT2D eigenvalue weighted by Gasteiger charge is -2.21. The number of nitrogens with one attached hydrogen (secondary N) is 1. The Morgan fingerprint density at radius 3 is 2.54 bits per heavy atom. The van der Waals surface area contributed by atoms with Gasteiger partial charge in [-0.15, -0.1) is 0 Å². The molecule has 1 aliphatic rings. The first-order valence-corrected chi connectivity index (χ1v) is 5.35. The molecule has 0 amide bonds. The van der Waals surface area contributed by atoms with Gasteiger partial charge < -0.3 is 10.4 Å². The summed E-state index contributed by atoms with van der Waals surface area (Å²) in [6, 6.07) is 0.514. The largest absolute Gasteiger partial charge is 0.396 e. The second kappa shape index (κ2) is 3.97. The molecule has 1 heterocycles. The minimum atomic E-state index is 0.259. The molecule has 0 aromatic rings. The maximum atomic E-state index is 8.96. The average molecular weight is 185 g/mol. The SMILES string of the molecule is CC(C)C1CC(C)(C)NC1CCO. The summed E-state index contributed by atoms with van der Waals surface area (Å²) in [6.07, 6.45) is 2.13. The van der Waals surface area contributed by atoms with Gasteiger partial charge in [-0.1, -0.05) is 13.8 Å². The van der Waals surface area contributed by atoms with Crippen LogP contribution in [0.2, 0.25) is 0 Å². The van der Waals surface area contributed by atoms with E-state index in [0.717, 1.165) is 12.3 Å². The molecule has 1 rings (SSSR count). The van der Waals surface area contributed by atoms with Crippen molar-refractivity contribution in [3.8, 4) is 0 Å². The zero-order valence-electron chi connectivity index (χ0n) is 9.30. The van der Waals surface area contributed by atoms with Crippen LogP contribution in [0.15, 0.2) is 0 Å². The van der Waals surface area contributed by atoms with Crippen LogP contribution in [0.5, 0.6) is 0 Å². The van der Waals surface area contributed by atoms with E-state index in [9.17, 15) is 0 Å². The number of hydrogen-bond donors (Lipinski definition) is 2. The third-order valence-electron chi connectivity index (χ3n) is 3.14. The summed E-state index contributed by atoms with van der Waals surface area (Å²) in [7, 11) is 0. The first kappa shape index (κ1) is 11.0. The first-order chi connectivity index (χ1) is 5.96. The van der Waals surface area contributed by atoms with Crippen LogP contribution < -0.4 is 5.32 Å². The Balaban J connectivity index is 2.60. The third-order valence-corrected chi connectivity index (χ3v) is 3.14. The Labute approximate surface area is 81.7 Å². The lowest BCUT2D eigenvalue weighted by molar-refractivity contribution is 0.237. The second-order valence-electron chi connectivity index (χ2n) is 5.26. The molecule has 78 valence electrons. The smallest absolute Gasteiger partial charge is 0.0445 e. The summed E-state index contributed by atoms with van der Waals surface area (Å²) >= 11 is 0. The lowest BCUT2D eigenvalue weighted by atomic mass is 9.84. The molecule has 0 bridgehead atoms. The zero-order chi connectivity index (χ0) is 10.1. The molecule has 2 heteroatoms. The van der Waals surface area contributed by atoms with Crippen molar-refractivity contribution in [1.29, 1.82) is 0 Å². The van der Waals surface area contributed by atoms with E-state index in [-0.39, 0.29) is 5.54 Å². The van der Waals surface area contributed by atoms with Crippen LogP contribution in [-0.4, -0.2) is 23.3 Å². The summed E-state index contributed by atoms with van der Waals surface area (Å²) in [6.45, 7) is 9.35. The van der Waals surface area contributed by atoms with Gasteiger partial charge in [-0.05, 0) is 38.5 Å². The van der Waals surface area contributed by atoms with Gasteiger partial charge >= 0.3 is 0 Å². The number of rotatable bonds is 3. The number of hydrogen-bond acceptors (Lipinski definition) is 2. The molecule has 0 aliphatic carbocycles. The van der Waals surface area contributed by atoms with Gasteiger partial charge in [0.1, 0.15) is 0 Å². The van der Waals surface area contributed by atoms with Gasteiger partial charge in [0.25, 0.3) is 0 Å². The standard InChI is InChI=1S/C11H23NO/c1-8(2)9-7-11(3,4)12-10(9)5-6-13/h8-10,12-13H,5-7H2,1-4H3. The van der Waals surface area contributed by atoms with Gasteiger partial charge in [-0.25, -0.2) is 0 Å². The maximum Gasteiger partial charge on any atom is 0.0445 e. The Morgan fingerprint density at radius 1 is 1.46 bits per heavy atom. The van der Waals surface area contributed by atoms with E-state index in [1.807, 2.05) is 0 Å². The molecule has 2 nitrogen and oxygen atoms in total. The van der Waals surface area contributed by atoms with Crippen molar-refractivity contribution in [2.45, 2.75) is 52.1 Å². The fourth-order valence-corrected chi connectivity index (χ4v) is 2.53. The van der Waals surface area contributed by atoms with Crippen molar-refractivity contribution in [1.82, 2.24) is 5.32 Å². The van der Waals surface area contributed by atoms with E-state index in [1.54, 1.807) is 0 Å². The van der Waals surface area contributed by atoms with Crippen molar-refractivity contribution in [3.63, 3.8) is 0 Å². The van der Waals surface area contributed by atoms with E-state index >= 15 is 0 Å². The summed E-state index contributed by atoms with van der Waals surface area (Å²) in [4.78, 5) is 0. The van der Waals surface area contributed by atoms with Crippen LogP contribution in [0.25, 0.3) is 0 Å². The van der Waals surface area contributed by atoms with E-state index in [4.69, 9.17) is 5.11 Å². The van der Waals surface area contributed by atoms with Crippen LogP contribution in [0.3, 0.4) is 0 Å². The van der Waals surface area contributed by atoms with Crippen molar-refractivity contribution in [2.75, 3.05) is 6.61 Å². The summed E-state index contributed by atoms with van der Waals surface area (Å²) in [5.41, 5.74) is 0.259. The van der Waals surface area contributed by atoms with E-state index in [2.05, 4.69) is 33.0 Å². The summed E-state index contributed by atoms with van der Waals surface area (Å²) < 4.78 is 0. The predicted octanol–water partition coefficient (Wildman–Crippen LogP) is 1.78. The summed E-state index contributed by atoms with van der Waals surface area (Å²) in [5.74, 6) is 1.44. The van der Waals surface area contributed by atoms with Crippen molar-refractivity contribution in [3.05, 3.63) is 0 Å². The molecule has 13 heavy (non-hydrogen) atoms. The Kier molecular flexibility index (Phi) is 3.36. The Hall–Kier alpha value is -0.0800. The second-order valence-corrected chi connectivity index (χ2v) is 5.26. The first-order valence-electron chi connectivity index (χ1n) is 5.35. The molecule has 0 spiro atoms. The molecule has 1 fully saturated rings. The molecule has 2 atom stereocenters. The van der Waals surface area contributed by atoms with Gasteiger partial charge in [-0.2, -0.15) is 0 Å². The third kappa shape index (κ3) is 2.68. The van der Waals surface area contributed by atoms with Gasteiger partial charge in [0.2, 0.25) is 0 Å².